The Morgan fingerprint density at radius 1 is 0.717 bits per heavy atom. The molecule has 0 spiro atoms. The van der Waals surface area contributed by atoms with Gasteiger partial charge in [0.2, 0.25) is 23.6 Å². The lowest BCUT2D eigenvalue weighted by molar-refractivity contribution is -0.144. The van der Waals surface area contributed by atoms with Crippen LogP contribution in [0, 0.1) is 57.7 Å². The third-order valence-electron chi connectivity index (χ3n) is 14.2. The Balaban J connectivity index is 0.867. The molecule has 0 N–H and O–H groups in total. The largest absolute Gasteiger partial charge is 0.282 e. The number of likely N-dealkylation sites (tertiary alicyclic amines) is 2. The lowest BCUT2D eigenvalue weighted by atomic mass is 9.71. The van der Waals surface area contributed by atoms with Gasteiger partial charge in [-0.25, -0.2) is 0 Å². The SMILES string of the molecule is C=Cc1ccc(CCC23C=CC(C2)C2C(=O)N(CCC(C)CC(C)(C)CN4C(=O)C5C6C=CC(CCc7ccc(C=C)cc7)(C6)C5C4=O)C(=O)C23)cc1. The summed E-state index contributed by atoms with van der Waals surface area (Å²) in [6.45, 7) is 15.0. The first-order chi connectivity index (χ1) is 25.4. The fourth-order valence-electron chi connectivity index (χ4n) is 11.6. The molecule has 9 unspecified atom stereocenters. The molecule has 6 aliphatic rings. The quantitative estimate of drug-likeness (QED) is 0.138. The van der Waals surface area contributed by atoms with Crippen molar-refractivity contribution in [3.05, 3.63) is 108 Å². The van der Waals surface area contributed by atoms with Crippen molar-refractivity contribution >= 4 is 35.8 Å². The number of benzene rings is 2. The molecule has 4 aliphatic carbocycles. The highest BCUT2D eigenvalue weighted by Gasteiger charge is 2.67. The summed E-state index contributed by atoms with van der Waals surface area (Å²) in [6, 6.07) is 16.9. The predicted octanol–water partition coefficient (Wildman–Crippen LogP) is 8.34. The molecule has 2 saturated carbocycles. The number of fused-ring (bicyclic) bond motifs is 10. The van der Waals surface area contributed by atoms with E-state index in [-0.39, 0.29) is 81.3 Å². The summed E-state index contributed by atoms with van der Waals surface area (Å²) in [5.74, 6) is -0.531. The van der Waals surface area contributed by atoms with Crippen molar-refractivity contribution in [1.82, 2.24) is 9.80 Å². The Kier molecular flexibility index (Phi) is 8.90. The molecular formula is C47H54N2O4. The summed E-state index contributed by atoms with van der Waals surface area (Å²) in [5, 5.41) is 0. The maximum atomic E-state index is 14.1. The summed E-state index contributed by atoms with van der Waals surface area (Å²) >= 11 is 0. The van der Waals surface area contributed by atoms with Gasteiger partial charge in [-0.3, -0.25) is 29.0 Å². The standard InChI is InChI=1S/C47H54N2O4/c1-6-31-8-12-33(13-9-31)16-21-46-23-18-35(27-46)37-39(46)43(52)48(41(37)50)25-20-30(3)26-45(4,5)29-49-42(51)38-36-19-24-47(28-36,40(38)44(49)53)22-17-34-14-10-32(7-2)11-15-34/h6-15,18-19,23-24,30,35-40H,1-2,16-17,20-22,25-29H2,3-5H3. The minimum Gasteiger partial charge on any atom is -0.282 e. The smallest absolute Gasteiger partial charge is 0.234 e. The highest BCUT2D eigenvalue weighted by Crippen LogP contribution is 2.63. The minimum atomic E-state index is -0.303. The van der Waals surface area contributed by atoms with Crippen LogP contribution >= 0.6 is 0 Å². The molecule has 276 valence electrons. The number of nitrogens with zero attached hydrogens (tertiary/aromatic N) is 2. The summed E-state index contributed by atoms with van der Waals surface area (Å²) in [5.41, 5.74) is 3.85. The van der Waals surface area contributed by atoms with Crippen LogP contribution in [-0.4, -0.2) is 46.5 Å². The zero-order valence-corrected chi connectivity index (χ0v) is 31.6. The highest BCUT2D eigenvalue weighted by atomic mass is 16.2. The van der Waals surface area contributed by atoms with E-state index in [1.807, 2.05) is 12.2 Å². The first kappa shape index (κ1) is 35.7. The number of allylic oxidation sites excluding steroid dienone is 4. The molecule has 53 heavy (non-hydrogen) atoms. The van der Waals surface area contributed by atoms with Crippen LogP contribution in [0.4, 0.5) is 0 Å². The van der Waals surface area contributed by atoms with Crippen LogP contribution in [-0.2, 0) is 32.0 Å². The van der Waals surface area contributed by atoms with E-state index in [0.717, 1.165) is 56.1 Å². The van der Waals surface area contributed by atoms with Crippen LogP contribution in [0.3, 0.4) is 0 Å². The number of hydrogen-bond acceptors (Lipinski definition) is 4. The van der Waals surface area contributed by atoms with Gasteiger partial charge in [0.05, 0.1) is 23.7 Å². The molecule has 8 rings (SSSR count). The Hall–Kier alpha value is -4.32. The molecule has 0 aromatic heterocycles. The van der Waals surface area contributed by atoms with E-state index in [2.05, 4.69) is 107 Å². The number of rotatable bonds is 15. The zero-order chi connectivity index (χ0) is 37.3. The highest BCUT2D eigenvalue weighted by molar-refractivity contribution is 6.07. The lowest BCUT2D eigenvalue weighted by Gasteiger charge is -2.34. The molecule has 2 heterocycles. The van der Waals surface area contributed by atoms with E-state index in [1.54, 1.807) is 9.80 Å². The third kappa shape index (κ3) is 6.01. The number of aryl methyl sites for hydroxylation is 2. The molecule has 4 fully saturated rings. The van der Waals surface area contributed by atoms with Crippen molar-refractivity contribution in [2.45, 2.75) is 72.1 Å². The van der Waals surface area contributed by atoms with E-state index >= 15 is 0 Å². The second-order valence-corrected chi connectivity index (χ2v) is 18.2. The number of imide groups is 2. The first-order valence-corrected chi connectivity index (χ1v) is 19.9. The van der Waals surface area contributed by atoms with Crippen molar-refractivity contribution in [2.75, 3.05) is 13.1 Å². The lowest BCUT2D eigenvalue weighted by Crippen LogP contribution is -2.42. The molecule has 4 amide bonds. The molecule has 4 bridgehead atoms. The van der Waals surface area contributed by atoms with E-state index in [1.165, 1.54) is 11.1 Å². The summed E-state index contributed by atoms with van der Waals surface area (Å²) in [6.07, 6.45) is 19.3. The van der Waals surface area contributed by atoms with Gasteiger partial charge in [0, 0.05) is 23.9 Å². The number of amides is 4. The van der Waals surface area contributed by atoms with Crippen molar-refractivity contribution in [3.8, 4) is 0 Å². The summed E-state index contributed by atoms with van der Waals surface area (Å²) in [4.78, 5) is 59.0. The molecular weight excluding hydrogens is 657 g/mol. The number of carbonyl (C=O) groups is 4. The van der Waals surface area contributed by atoms with Crippen molar-refractivity contribution in [1.29, 1.82) is 0 Å². The van der Waals surface area contributed by atoms with Crippen LogP contribution in [0.1, 0.15) is 81.5 Å². The summed E-state index contributed by atoms with van der Waals surface area (Å²) < 4.78 is 0. The zero-order valence-electron chi connectivity index (χ0n) is 31.6. The molecule has 6 heteroatoms. The Bertz CT molecular complexity index is 1900. The molecule has 2 aliphatic heterocycles. The average Bonchev–Trinajstić information content (AvgIpc) is 3.99. The van der Waals surface area contributed by atoms with Crippen LogP contribution < -0.4 is 0 Å². The fourth-order valence-corrected chi connectivity index (χ4v) is 11.6. The van der Waals surface area contributed by atoms with Gasteiger partial charge in [-0.15, -0.1) is 0 Å². The Morgan fingerprint density at radius 2 is 1.17 bits per heavy atom. The van der Waals surface area contributed by atoms with Gasteiger partial charge in [0.25, 0.3) is 0 Å². The maximum absolute atomic E-state index is 14.1. The van der Waals surface area contributed by atoms with Crippen molar-refractivity contribution in [3.63, 3.8) is 0 Å². The summed E-state index contributed by atoms with van der Waals surface area (Å²) in [7, 11) is 0. The molecule has 2 aromatic rings. The molecule has 2 aromatic carbocycles. The fraction of sp³-hybridized carbons (Fsp3) is 0.489. The van der Waals surface area contributed by atoms with E-state index < -0.39 is 0 Å². The monoisotopic (exact) mass is 710 g/mol. The van der Waals surface area contributed by atoms with Gasteiger partial charge < -0.3 is 0 Å². The third-order valence-corrected chi connectivity index (χ3v) is 14.2. The van der Waals surface area contributed by atoms with Gasteiger partial charge in [-0.05, 0) is 96.8 Å². The van der Waals surface area contributed by atoms with Crippen molar-refractivity contribution in [2.24, 2.45) is 57.7 Å². The normalized spacial score (nSPS) is 32.7. The van der Waals surface area contributed by atoms with E-state index in [9.17, 15) is 19.2 Å². The van der Waals surface area contributed by atoms with Gasteiger partial charge in [0.15, 0.2) is 0 Å². The maximum Gasteiger partial charge on any atom is 0.234 e. The molecule has 9 atom stereocenters. The van der Waals surface area contributed by atoms with Crippen LogP contribution in [0.5, 0.6) is 0 Å². The molecule has 2 saturated heterocycles. The molecule has 6 nitrogen and oxygen atoms in total. The van der Waals surface area contributed by atoms with Gasteiger partial charge >= 0.3 is 0 Å². The average molecular weight is 711 g/mol. The second kappa shape index (κ2) is 13.2. The van der Waals surface area contributed by atoms with E-state index in [0.29, 0.717) is 19.5 Å². The van der Waals surface area contributed by atoms with Crippen LogP contribution in [0.15, 0.2) is 86.0 Å². The van der Waals surface area contributed by atoms with E-state index in [4.69, 9.17) is 0 Å². The van der Waals surface area contributed by atoms with Gasteiger partial charge in [-0.2, -0.15) is 0 Å². The number of carbonyl (C=O) groups excluding carboxylic acids is 4. The predicted molar refractivity (Wildman–Crippen MR) is 209 cm³/mol. The molecule has 0 radical (unpaired) electrons. The van der Waals surface area contributed by atoms with Crippen LogP contribution in [0.2, 0.25) is 0 Å². The first-order valence-electron chi connectivity index (χ1n) is 19.9. The number of hydrogen-bond donors (Lipinski definition) is 0. The Labute approximate surface area is 315 Å². The van der Waals surface area contributed by atoms with Crippen LogP contribution in [0.25, 0.3) is 12.2 Å². The van der Waals surface area contributed by atoms with Gasteiger partial charge in [0.1, 0.15) is 0 Å². The van der Waals surface area contributed by atoms with Crippen molar-refractivity contribution < 1.29 is 19.2 Å². The second-order valence-electron chi connectivity index (χ2n) is 18.2. The Morgan fingerprint density at radius 3 is 1.64 bits per heavy atom. The topological polar surface area (TPSA) is 74.8 Å². The van der Waals surface area contributed by atoms with Gasteiger partial charge in [-0.1, -0.05) is 119 Å². The minimum absolute atomic E-state index is 0.000306.